The molecule has 0 spiro atoms. The number of hydrogen-bond acceptors (Lipinski definition) is 2. The van der Waals surface area contributed by atoms with Crippen molar-refractivity contribution < 1.29 is 14.3 Å². The molecule has 1 saturated heterocycles. The van der Waals surface area contributed by atoms with Crippen molar-refractivity contribution in [1.29, 1.82) is 0 Å². The van der Waals surface area contributed by atoms with Crippen LogP contribution < -0.4 is 0 Å². The summed E-state index contributed by atoms with van der Waals surface area (Å²) in [7, 11) is 0. The largest absolute Gasteiger partial charge is 0.481 e. The van der Waals surface area contributed by atoms with Gasteiger partial charge in [-0.25, -0.2) is 4.39 Å². The number of carboxylic acids is 1. The first-order valence-corrected chi connectivity index (χ1v) is 7.17. The number of nitrogens with zero attached hydrogens (tertiary/aromatic N) is 1. The summed E-state index contributed by atoms with van der Waals surface area (Å²) >= 11 is 3.17. The molecule has 0 saturated carbocycles. The molecule has 19 heavy (non-hydrogen) atoms. The van der Waals surface area contributed by atoms with Gasteiger partial charge in [-0.2, -0.15) is 0 Å². The lowest BCUT2D eigenvalue weighted by atomic mass is 9.93. The van der Waals surface area contributed by atoms with E-state index in [1.165, 1.54) is 6.07 Å². The summed E-state index contributed by atoms with van der Waals surface area (Å²) < 4.78 is 13.6. The summed E-state index contributed by atoms with van der Waals surface area (Å²) in [4.78, 5) is 13.2. The maximum atomic E-state index is 13.2. The van der Waals surface area contributed by atoms with Gasteiger partial charge in [-0.05, 0) is 53.4 Å². The average molecular weight is 330 g/mol. The fourth-order valence-electron chi connectivity index (χ4n) is 2.47. The summed E-state index contributed by atoms with van der Waals surface area (Å²) in [6.45, 7) is 3.33. The molecule has 0 bridgehead atoms. The number of carboxylic acid groups (broad SMARTS) is 1. The van der Waals surface area contributed by atoms with Crippen molar-refractivity contribution in [2.75, 3.05) is 6.54 Å². The monoisotopic (exact) mass is 329 g/mol. The minimum atomic E-state index is -0.725. The Balaban J connectivity index is 2.07. The van der Waals surface area contributed by atoms with Gasteiger partial charge in [-0.15, -0.1) is 0 Å². The molecule has 3 nitrogen and oxygen atoms in total. The van der Waals surface area contributed by atoms with Crippen LogP contribution in [0.1, 0.15) is 25.3 Å². The number of halogens is 2. The van der Waals surface area contributed by atoms with Crippen LogP contribution in [-0.4, -0.2) is 28.6 Å². The van der Waals surface area contributed by atoms with E-state index in [2.05, 4.69) is 27.8 Å². The SMILES string of the molecule is CC1CCC(C(=O)O)CN1Cc1ccc(F)c(Br)c1. The van der Waals surface area contributed by atoms with Gasteiger partial charge in [0.2, 0.25) is 0 Å². The first-order chi connectivity index (χ1) is 8.97. The molecule has 0 aromatic heterocycles. The number of likely N-dealkylation sites (tertiary alicyclic amines) is 1. The van der Waals surface area contributed by atoms with E-state index in [0.29, 0.717) is 23.6 Å². The number of rotatable bonds is 3. The Bertz CT molecular complexity index is 481. The highest BCUT2D eigenvalue weighted by molar-refractivity contribution is 9.10. The minimum Gasteiger partial charge on any atom is -0.481 e. The van der Waals surface area contributed by atoms with Crippen molar-refractivity contribution >= 4 is 21.9 Å². The summed E-state index contributed by atoms with van der Waals surface area (Å²) in [5.41, 5.74) is 0.992. The lowest BCUT2D eigenvalue weighted by Crippen LogP contribution is -2.43. The maximum absolute atomic E-state index is 13.2. The van der Waals surface area contributed by atoms with Gasteiger partial charge < -0.3 is 5.11 Å². The van der Waals surface area contributed by atoms with Crippen molar-refractivity contribution in [1.82, 2.24) is 4.90 Å². The highest BCUT2D eigenvalue weighted by Gasteiger charge is 2.29. The quantitative estimate of drug-likeness (QED) is 0.925. The van der Waals surface area contributed by atoms with E-state index in [-0.39, 0.29) is 11.7 Å². The van der Waals surface area contributed by atoms with Crippen molar-refractivity contribution in [3.8, 4) is 0 Å². The third-order valence-corrected chi connectivity index (χ3v) is 4.34. The van der Waals surface area contributed by atoms with Crippen LogP contribution in [0.5, 0.6) is 0 Å². The second-order valence-corrected chi connectivity index (χ2v) is 5.99. The fourth-order valence-corrected chi connectivity index (χ4v) is 2.90. The van der Waals surface area contributed by atoms with Crippen LogP contribution in [0.3, 0.4) is 0 Å². The predicted octanol–water partition coefficient (Wildman–Crippen LogP) is 3.27. The molecule has 2 atom stereocenters. The lowest BCUT2D eigenvalue weighted by molar-refractivity contribution is -0.144. The Hall–Kier alpha value is -0.940. The number of aliphatic carboxylic acids is 1. The molecule has 1 aliphatic heterocycles. The predicted molar refractivity (Wildman–Crippen MR) is 74.3 cm³/mol. The Morgan fingerprint density at radius 3 is 2.89 bits per heavy atom. The van der Waals surface area contributed by atoms with Crippen LogP contribution in [0, 0.1) is 11.7 Å². The van der Waals surface area contributed by atoms with Crippen LogP contribution in [0.15, 0.2) is 22.7 Å². The van der Waals surface area contributed by atoms with Gasteiger partial charge in [-0.1, -0.05) is 6.07 Å². The molecule has 2 unspecified atom stereocenters. The summed E-state index contributed by atoms with van der Waals surface area (Å²) in [5.74, 6) is -1.30. The van der Waals surface area contributed by atoms with Gasteiger partial charge in [0.15, 0.2) is 0 Å². The molecule has 2 rings (SSSR count). The van der Waals surface area contributed by atoms with Crippen LogP contribution >= 0.6 is 15.9 Å². The van der Waals surface area contributed by atoms with E-state index in [9.17, 15) is 9.18 Å². The lowest BCUT2D eigenvalue weighted by Gasteiger charge is -2.36. The summed E-state index contributed by atoms with van der Waals surface area (Å²) in [6.07, 6.45) is 1.62. The third-order valence-electron chi connectivity index (χ3n) is 3.73. The zero-order valence-corrected chi connectivity index (χ0v) is 12.4. The summed E-state index contributed by atoms with van der Waals surface area (Å²) in [5, 5.41) is 9.11. The zero-order valence-electron chi connectivity index (χ0n) is 10.8. The second-order valence-electron chi connectivity index (χ2n) is 5.14. The van der Waals surface area contributed by atoms with Crippen molar-refractivity contribution in [3.63, 3.8) is 0 Å². The van der Waals surface area contributed by atoms with Crippen LogP contribution in [0.2, 0.25) is 0 Å². The van der Waals surface area contributed by atoms with Gasteiger partial charge in [0.05, 0.1) is 10.4 Å². The molecule has 1 N–H and O–H groups in total. The van der Waals surface area contributed by atoms with E-state index < -0.39 is 5.97 Å². The van der Waals surface area contributed by atoms with E-state index in [4.69, 9.17) is 5.11 Å². The number of carbonyl (C=O) groups is 1. The van der Waals surface area contributed by atoms with Crippen LogP contribution in [-0.2, 0) is 11.3 Å². The molecule has 1 fully saturated rings. The molecular weight excluding hydrogens is 313 g/mol. The molecule has 0 amide bonds. The van der Waals surface area contributed by atoms with Gasteiger partial charge in [0.25, 0.3) is 0 Å². The van der Waals surface area contributed by atoms with E-state index >= 15 is 0 Å². The average Bonchev–Trinajstić information content (AvgIpc) is 2.36. The first-order valence-electron chi connectivity index (χ1n) is 6.38. The molecule has 0 radical (unpaired) electrons. The van der Waals surface area contributed by atoms with Gasteiger partial charge in [0.1, 0.15) is 5.82 Å². The molecule has 104 valence electrons. The van der Waals surface area contributed by atoms with Crippen molar-refractivity contribution in [2.24, 2.45) is 5.92 Å². The smallest absolute Gasteiger partial charge is 0.307 e. The van der Waals surface area contributed by atoms with Gasteiger partial charge >= 0.3 is 5.97 Å². The third kappa shape index (κ3) is 3.54. The topological polar surface area (TPSA) is 40.5 Å². The number of hydrogen-bond donors (Lipinski definition) is 1. The van der Waals surface area contributed by atoms with Crippen LogP contribution in [0.4, 0.5) is 4.39 Å². The molecule has 0 aliphatic carbocycles. The molecule has 1 aromatic carbocycles. The van der Waals surface area contributed by atoms with E-state index in [1.807, 2.05) is 0 Å². The summed E-state index contributed by atoms with van der Waals surface area (Å²) in [6, 6.07) is 5.30. The van der Waals surface area contributed by atoms with Crippen molar-refractivity contribution in [3.05, 3.63) is 34.1 Å². The Morgan fingerprint density at radius 1 is 1.53 bits per heavy atom. The number of benzene rings is 1. The highest BCUT2D eigenvalue weighted by atomic mass is 79.9. The second kappa shape index (κ2) is 6.01. The minimum absolute atomic E-state index is 0.279. The molecule has 5 heteroatoms. The Kier molecular flexibility index (Phi) is 4.58. The number of piperidine rings is 1. The molecule has 1 aliphatic rings. The zero-order chi connectivity index (χ0) is 14.0. The van der Waals surface area contributed by atoms with Crippen LogP contribution in [0.25, 0.3) is 0 Å². The molecule has 1 aromatic rings. The fraction of sp³-hybridized carbons (Fsp3) is 0.500. The van der Waals surface area contributed by atoms with Crippen molar-refractivity contribution in [2.45, 2.75) is 32.4 Å². The van der Waals surface area contributed by atoms with Gasteiger partial charge in [0, 0.05) is 19.1 Å². The standard InChI is InChI=1S/C14H17BrFNO2/c1-9-2-4-11(14(18)19)8-17(9)7-10-3-5-13(16)12(15)6-10/h3,5-6,9,11H,2,4,7-8H2,1H3,(H,18,19). The highest BCUT2D eigenvalue weighted by Crippen LogP contribution is 2.25. The van der Waals surface area contributed by atoms with E-state index in [0.717, 1.165) is 18.4 Å². The Morgan fingerprint density at radius 2 is 2.26 bits per heavy atom. The van der Waals surface area contributed by atoms with E-state index in [1.54, 1.807) is 12.1 Å². The maximum Gasteiger partial charge on any atom is 0.307 e. The van der Waals surface area contributed by atoms with Gasteiger partial charge in [-0.3, -0.25) is 9.69 Å². The molecular formula is C14H17BrFNO2. The molecule has 1 heterocycles. The first kappa shape index (κ1) is 14.5. The Labute approximate surface area is 120 Å². The normalized spacial score (nSPS) is 24.4.